The van der Waals surface area contributed by atoms with Crippen LogP contribution >= 0.6 is 0 Å². The summed E-state index contributed by atoms with van der Waals surface area (Å²) in [7, 11) is 0. The van der Waals surface area contributed by atoms with Crippen LogP contribution in [0.3, 0.4) is 0 Å². The highest BCUT2D eigenvalue weighted by atomic mass is 19.3. The van der Waals surface area contributed by atoms with E-state index in [0.29, 0.717) is 24.8 Å². The van der Waals surface area contributed by atoms with E-state index < -0.39 is 11.8 Å². The molecule has 2 nitrogen and oxygen atoms in total. The number of hydrogen-bond acceptors (Lipinski definition) is 1. The number of nitrogens with zero attached hydrogens (tertiary/aromatic N) is 2. The van der Waals surface area contributed by atoms with Crippen molar-refractivity contribution in [2.24, 2.45) is 11.8 Å². The Labute approximate surface area is 105 Å². The number of halogens is 2. The lowest BCUT2D eigenvalue weighted by atomic mass is 10.1. The summed E-state index contributed by atoms with van der Waals surface area (Å²) in [4.78, 5) is 0. The van der Waals surface area contributed by atoms with E-state index in [1.54, 1.807) is 4.68 Å². The third kappa shape index (κ3) is 1.29. The lowest BCUT2D eigenvalue weighted by Gasteiger charge is -2.16. The van der Waals surface area contributed by atoms with Gasteiger partial charge < -0.3 is 0 Å². The van der Waals surface area contributed by atoms with Crippen molar-refractivity contribution in [3.63, 3.8) is 0 Å². The Morgan fingerprint density at radius 2 is 2.11 bits per heavy atom. The summed E-state index contributed by atoms with van der Waals surface area (Å²) < 4.78 is 30.3. The zero-order valence-electron chi connectivity index (χ0n) is 10.8. The van der Waals surface area contributed by atoms with Crippen LogP contribution in [0.4, 0.5) is 8.78 Å². The molecule has 0 unspecified atom stereocenters. The maximum Gasteiger partial charge on any atom is 0.293 e. The van der Waals surface area contributed by atoms with Gasteiger partial charge >= 0.3 is 0 Å². The lowest BCUT2D eigenvalue weighted by Crippen LogP contribution is -2.21. The molecular weight excluding hydrogens is 234 g/mol. The van der Waals surface area contributed by atoms with Crippen LogP contribution in [0.1, 0.15) is 61.9 Å². The quantitative estimate of drug-likeness (QED) is 0.803. The summed E-state index contributed by atoms with van der Waals surface area (Å²) in [6, 6.07) is 0. The third-order valence-electron chi connectivity index (χ3n) is 4.46. The molecule has 1 aromatic heterocycles. The minimum Gasteiger partial charge on any atom is -0.263 e. The number of hydrogen-bond donors (Lipinski definition) is 0. The van der Waals surface area contributed by atoms with Gasteiger partial charge in [0, 0.05) is 23.9 Å². The first-order chi connectivity index (χ1) is 8.50. The van der Waals surface area contributed by atoms with Gasteiger partial charge in [-0.15, -0.1) is 0 Å². The second-order valence-corrected chi connectivity index (χ2v) is 6.57. The smallest absolute Gasteiger partial charge is 0.263 e. The van der Waals surface area contributed by atoms with Crippen LogP contribution in [0.2, 0.25) is 0 Å². The Bertz CT molecular complexity index is 514. The summed E-state index contributed by atoms with van der Waals surface area (Å²) in [5, 5.41) is 4.54. The Hall–Kier alpha value is -0.930. The molecule has 0 aromatic carbocycles. The van der Waals surface area contributed by atoms with E-state index in [4.69, 9.17) is 0 Å². The van der Waals surface area contributed by atoms with E-state index in [9.17, 15) is 8.78 Å². The summed E-state index contributed by atoms with van der Waals surface area (Å²) in [5.74, 6) is -2.10. The van der Waals surface area contributed by atoms with Gasteiger partial charge in [0.15, 0.2) is 0 Å². The van der Waals surface area contributed by atoms with Gasteiger partial charge in [-0.3, -0.25) is 4.68 Å². The predicted molar refractivity (Wildman–Crippen MR) is 63.8 cm³/mol. The Morgan fingerprint density at radius 1 is 1.39 bits per heavy atom. The fraction of sp³-hybridized carbons (Fsp3) is 0.786. The molecule has 2 atom stereocenters. The highest BCUT2D eigenvalue weighted by Crippen LogP contribution is 2.68. The molecule has 18 heavy (non-hydrogen) atoms. The first-order valence-corrected chi connectivity index (χ1v) is 6.99. The number of alkyl halides is 2. The van der Waals surface area contributed by atoms with Gasteiger partial charge in [0.1, 0.15) is 5.69 Å². The normalized spacial score (nSPS) is 31.6. The van der Waals surface area contributed by atoms with E-state index in [1.807, 2.05) is 0 Å². The Kier molecular flexibility index (Phi) is 1.91. The highest BCUT2D eigenvalue weighted by Gasteiger charge is 2.67. The minimum absolute atomic E-state index is 0.117. The fourth-order valence-electron chi connectivity index (χ4n) is 3.44. The van der Waals surface area contributed by atoms with Crippen molar-refractivity contribution in [3.8, 4) is 0 Å². The Morgan fingerprint density at radius 3 is 2.72 bits per heavy atom. The summed E-state index contributed by atoms with van der Waals surface area (Å²) >= 11 is 0. The van der Waals surface area contributed by atoms with Gasteiger partial charge in [-0.05, 0) is 31.1 Å². The topological polar surface area (TPSA) is 17.8 Å². The largest absolute Gasteiger partial charge is 0.293 e. The molecule has 0 saturated heterocycles. The zero-order chi connectivity index (χ0) is 12.7. The van der Waals surface area contributed by atoms with Crippen molar-refractivity contribution >= 4 is 0 Å². The maximum absolute atomic E-state index is 14.3. The minimum atomic E-state index is -2.63. The molecule has 4 heteroatoms. The first kappa shape index (κ1) is 10.9. The van der Waals surface area contributed by atoms with Crippen LogP contribution in [-0.2, 0) is 12.5 Å². The molecule has 2 fully saturated rings. The average Bonchev–Trinajstić information content (AvgIpc) is 3.15. The third-order valence-corrected chi connectivity index (χ3v) is 4.46. The fourth-order valence-corrected chi connectivity index (χ4v) is 3.44. The molecule has 1 aromatic rings. The molecule has 4 rings (SSSR count). The Balaban J connectivity index is 1.85. The molecule has 0 amide bonds. The van der Waals surface area contributed by atoms with Crippen LogP contribution in [0.15, 0.2) is 0 Å². The van der Waals surface area contributed by atoms with E-state index in [-0.39, 0.29) is 11.6 Å². The van der Waals surface area contributed by atoms with Crippen molar-refractivity contribution in [2.75, 3.05) is 0 Å². The van der Waals surface area contributed by atoms with Crippen molar-refractivity contribution in [1.82, 2.24) is 9.78 Å². The second-order valence-electron chi connectivity index (χ2n) is 6.57. The predicted octanol–water partition coefficient (Wildman–Crippen LogP) is 3.63. The van der Waals surface area contributed by atoms with Gasteiger partial charge in [0.2, 0.25) is 0 Å². The number of aromatic nitrogens is 2. The lowest BCUT2D eigenvalue weighted by molar-refractivity contribution is -0.0314. The van der Waals surface area contributed by atoms with Crippen molar-refractivity contribution in [1.29, 1.82) is 0 Å². The van der Waals surface area contributed by atoms with E-state index in [1.165, 1.54) is 0 Å². The van der Waals surface area contributed by atoms with Crippen molar-refractivity contribution in [2.45, 2.75) is 57.4 Å². The first-order valence-electron chi connectivity index (χ1n) is 6.99. The molecule has 1 heterocycles. The van der Waals surface area contributed by atoms with Crippen molar-refractivity contribution in [3.05, 3.63) is 17.0 Å². The second kappa shape index (κ2) is 3.14. The molecule has 0 N–H and O–H groups in total. The van der Waals surface area contributed by atoms with Gasteiger partial charge in [0.25, 0.3) is 5.92 Å². The maximum atomic E-state index is 14.3. The molecule has 0 aliphatic heterocycles. The molecule has 0 radical (unpaired) electrons. The number of rotatable bonds is 3. The molecule has 3 aliphatic rings. The van der Waals surface area contributed by atoms with Crippen LogP contribution in [0, 0.1) is 11.8 Å². The van der Waals surface area contributed by atoms with Gasteiger partial charge in [0.05, 0.1) is 5.69 Å². The highest BCUT2D eigenvalue weighted by molar-refractivity contribution is 5.47. The molecule has 98 valence electrons. The SMILES string of the molecule is CC(C)Cn1nc(C2CC2)c2c1C(F)(F)[C@@H]1C[C@H]21. The van der Waals surface area contributed by atoms with Crippen molar-refractivity contribution < 1.29 is 8.78 Å². The van der Waals surface area contributed by atoms with Crippen LogP contribution in [-0.4, -0.2) is 9.78 Å². The molecule has 3 aliphatic carbocycles. The average molecular weight is 252 g/mol. The molecule has 0 bridgehead atoms. The van der Waals surface area contributed by atoms with Gasteiger partial charge in [-0.25, -0.2) is 0 Å². The zero-order valence-corrected chi connectivity index (χ0v) is 10.8. The standard InChI is InChI=1S/C14H18F2N2/c1-7(2)6-18-13-11(12(17-18)8-3-4-8)9-5-10(9)14(13,15)16/h7-10H,3-6H2,1-2H3/t9-,10+/m0/s1. The van der Waals surface area contributed by atoms with Crippen LogP contribution < -0.4 is 0 Å². The molecule has 2 saturated carbocycles. The van der Waals surface area contributed by atoms with Crippen LogP contribution in [0.25, 0.3) is 0 Å². The summed E-state index contributed by atoms with van der Waals surface area (Å²) in [6.45, 7) is 4.72. The van der Waals surface area contributed by atoms with Gasteiger partial charge in [-0.1, -0.05) is 13.8 Å². The molecular formula is C14H18F2N2. The van der Waals surface area contributed by atoms with E-state index in [0.717, 1.165) is 24.1 Å². The monoisotopic (exact) mass is 252 g/mol. The van der Waals surface area contributed by atoms with E-state index >= 15 is 0 Å². The van der Waals surface area contributed by atoms with Crippen LogP contribution in [0.5, 0.6) is 0 Å². The molecule has 0 spiro atoms. The van der Waals surface area contributed by atoms with E-state index in [2.05, 4.69) is 18.9 Å². The van der Waals surface area contributed by atoms with Gasteiger partial charge in [-0.2, -0.15) is 13.9 Å². The number of fused-ring (bicyclic) bond motifs is 3. The summed E-state index contributed by atoms with van der Waals surface area (Å²) in [5.41, 5.74) is 2.21. The summed E-state index contributed by atoms with van der Waals surface area (Å²) in [6.07, 6.45) is 2.94.